The van der Waals surface area contributed by atoms with Crippen LogP contribution in [0.5, 0.6) is 11.5 Å². The number of aromatic nitrogens is 1. The summed E-state index contributed by atoms with van der Waals surface area (Å²) in [6.45, 7) is 6.43. The fourth-order valence-electron chi connectivity index (χ4n) is 4.27. The van der Waals surface area contributed by atoms with Crippen LogP contribution in [-0.4, -0.2) is 35.5 Å². The molecule has 1 aliphatic rings. The van der Waals surface area contributed by atoms with E-state index < -0.39 is 17.7 Å². The lowest BCUT2D eigenvalue weighted by Crippen LogP contribution is -2.29. The molecule has 0 radical (unpaired) electrons. The number of aliphatic hydroxyl groups is 1. The SMILES string of the molecule is CCOc1ccc(N2C(=O)C(=O)/C(=C(\O)c3ccc(OC)c(C(C)C)c3)C2c2ccccn2)cc1. The number of aliphatic hydroxyl groups excluding tert-OH is 1. The van der Waals surface area contributed by atoms with E-state index in [0.717, 1.165) is 5.56 Å². The molecule has 1 saturated heterocycles. The standard InChI is InChI=1S/C28H28N2O5/c1-5-35-20-12-10-19(11-13-20)30-25(22-8-6-7-15-29-22)24(27(32)28(30)33)26(31)18-9-14-23(34-4)21(16-18)17(2)3/h6-17,25,31H,5H2,1-4H3/b26-24-. The van der Waals surface area contributed by atoms with E-state index in [1.165, 1.54) is 4.90 Å². The molecule has 180 valence electrons. The van der Waals surface area contributed by atoms with Gasteiger partial charge in [0.1, 0.15) is 23.3 Å². The number of ketones is 1. The molecule has 0 aliphatic carbocycles. The molecular formula is C28H28N2O5. The normalized spacial score (nSPS) is 17.2. The molecule has 0 bridgehead atoms. The number of ether oxygens (including phenoxy) is 2. The van der Waals surface area contributed by atoms with Crippen LogP contribution >= 0.6 is 0 Å². The van der Waals surface area contributed by atoms with Gasteiger partial charge in [-0.3, -0.25) is 19.5 Å². The van der Waals surface area contributed by atoms with Crippen LogP contribution < -0.4 is 14.4 Å². The number of rotatable bonds is 7. The van der Waals surface area contributed by atoms with Gasteiger partial charge >= 0.3 is 0 Å². The third-order valence-electron chi connectivity index (χ3n) is 5.96. The summed E-state index contributed by atoms with van der Waals surface area (Å²) in [5.74, 6) is -0.292. The van der Waals surface area contributed by atoms with Gasteiger partial charge in [-0.25, -0.2) is 0 Å². The lowest BCUT2D eigenvalue weighted by molar-refractivity contribution is -0.132. The third kappa shape index (κ3) is 4.49. The van der Waals surface area contributed by atoms with Crippen molar-refractivity contribution in [3.8, 4) is 11.5 Å². The van der Waals surface area contributed by atoms with E-state index in [2.05, 4.69) is 4.98 Å². The summed E-state index contributed by atoms with van der Waals surface area (Å²) < 4.78 is 11.0. The Morgan fingerprint density at radius 3 is 2.43 bits per heavy atom. The quantitative estimate of drug-likeness (QED) is 0.287. The number of nitrogens with zero attached hydrogens (tertiary/aromatic N) is 2. The van der Waals surface area contributed by atoms with Gasteiger partial charge < -0.3 is 14.6 Å². The summed E-state index contributed by atoms with van der Waals surface area (Å²) in [5, 5.41) is 11.4. The van der Waals surface area contributed by atoms with Gasteiger partial charge in [-0.2, -0.15) is 0 Å². The largest absolute Gasteiger partial charge is 0.507 e. The van der Waals surface area contributed by atoms with Crippen molar-refractivity contribution in [1.29, 1.82) is 0 Å². The molecule has 35 heavy (non-hydrogen) atoms. The minimum atomic E-state index is -0.890. The molecule has 7 nitrogen and oxygen atoms in total. The summed E-state index contributed by atoms with van der Waals surface area (Å²) in [6.07, 6.45) is 1.60. The molecule has 0 saturated carbocycles. The Hall–Kier alpha value is -4.13. The number of Topliss-reactive ketones (excluding diaryl/α,β-unsaturated/α-hetero) is 1. The maximum Gasteiger partial charge on any atom is 0.300 e. The molecule has 3 aromatic rings. The highest BCUT2D eigenvalue weighted by molar-refractivity contribution is 6.51. The van der Waals surface area contributed by atoms with Crippen molar-refractivity contribution in [2.45, 2.75) is 32.7 Å². The van der Waals surface area contributed by atoms with E-state index in [1.807, 2.05) is 20.8 Å². The second-order valence-electron chi connectivity index (χ2n) is 8.46. The number of carbonyl (C=O) groups is 2. The predicted molar refractivity (Wildman–Crippen MR) is 134 cm³/mol. The van der Waals surface area contributed by atoms with Crippen LogP contribution in [0, 0.1) is 0 Å². The average molecular weight is 473 g/mol. The second kappa shape index (κ2) is 10.0. The maximum absolute atomic E-state index is 13.3. The number of pyridine rings is 1. The second-order valence-corrected chi connectivity index (χ2v) is 8.46. The average Bonchev–Trinajstić information content (AvgIpc) is 3.14. The first kappa shape index (κ1) is 24.0. The van der Waals surface area contributed by atoms with E-state index in [-0.39, 0.29) is 17.3 Å². The van der Waals surface area contributed by atoms with Crippen molar-refractivity contribution in [1.82, 2.24) is 4.98 Å². The van der Waals surface area contributed by atoms with Crippen molar-refractivity contribution in [3.63, 3.8) is 0 Å². The van der Waals surface area contributed by atoms with E-state index in [9.17, 15) is 14.7 Å². The van der Waals surface area contributed by atoms with Gasteiger partial charge in [0.25, 0.3) is 11.7 Å². The van der Waals surface area contributed by atoms with Gasteiger partial charge in [0.15, 0.2) is 0 Å². The number of methoxy groups -OCH3 is 1. The van der Waals surface area contributed by atoms with Crippen LogP contribution in [0.25, 0.3) is 5.76 Å². The summed E-state index contributed by atoms with van der Waals surface area (Å²) in [5.41, 5.74) is 2.27. The van der Waals surface area contributed by atoms with E-state index in [1.54, 1.807) is 74.0 Å². The maximum atomic E-state index is 13.3. The van der Waals surface area contributed by atoms with Crippen LogP contribution in [0.1, 0.15) is 49.6 Å². The summed E-state index contributed by atoms with van der Waals surface area (Å²) in [4.78, 5) is 32.4. The fourth-order valence-corrected chi connectivity index (χ4v) is 4.27. The highest BCUT2D eigenvalue weighted by Gasteiger charge is 2.47. The van der Waals surface area contributed by atoms with Gasteiger partial charge in [-0.15, -0.1) is 0 Å². The Kier molecular flexibility index (Phi) is 6.87. The van der Waals surface area contributed by atoms with E-state index in [4.69, 9.17) is 9.47 Å². The Labute approximate surface area is 204 Å². The molecule has 1 aromatic heterocycles. The summed E-state index contributed by atoms with van der Waals surface area (Å²) in [7, 11) is 1.59. The zero-order valence-electron chi connectivity index (χ0n) is 20.2. The molecule has 1 aliphatic heterocycles. The molecule has 2 heterocycles. The Bertz CT molecular complexity index is 1270. The number of hydrogen-bond donors (Lipinski definition) is 1. The van der Waals surface area contributed by atoms with Crippen LogP contribution in [0.4, 0.5) is 5.69 Å². The number of anilines is 1. The lowest BCUT2D eigenvalue weighted by atomic mass is 9.94. The highest BCUT2D eigenvalue weighted by Crippen LogP contribution is 2.42. The van der Waals surface area contributed by atoms with Gasteiger partial charge in [0.05, 0.1) is 25.0 Å². The third-order valence-corrected chi connectivity index (χ3v) is 5.96. The lowest BCUT2D eigenvalue weighted by Gasteiger charge is -2.25. The van der Waals surface area contributed by atoms with Crippen molar-refractivity contribution in [3.05, 3.63) is 89.3 Å². The smallest absolute Gasteiger partial charge is 0.300 e. The van der Waals surface area contributed by atoms with Gasteiger partial charge in [0.2, 0.25) is 0 Å². The van der Waals surface area contributed by atoms with Crippen LogP contribution in [0.2, 0.25) is 0 Å². The number of amides is 1. The van der Waals surface area contributed by atoms with Crippen molar-refractivity contribution < 1.29 is 24.2 Å². The zero-order chi connectivity index (χ0) is 25.1. The molecular weight excluding hydrogens is 444 g/mol. The number of carbonyl (C=O) groups excluding carboxylic acids is 2. The van der Waals surface area contributed by atoms with E-state index in [0.29, 0.717) is 35.1 Å². The minimum Gasteiger partial charge on any atom is -0.507 e. The molecule has 0 spiro atoms. The van der Waals surface area contributed by atoms with Crippen LogP contribution in [-0.2, 0) is 9.59 Å². The first-order valence-corrected chi connectivity index (χ1v) is 11.5. The molecule has 7 heteroatoms. The van der Waals surface area contributed by atoms with Crippen molar-refractivity contribution >= 4 is 23.1 Å². The molecule has 1 N–H and O–H groups in total. The van der Waals surface area contributed by atoms with Crippen LogP contribution in [0.15, 0.2) is 72.4 Å². The summed E-state index contributed by atoms with van der Waals surface area (Å²) in [6, 6.07) is 16.5. The van der Waals surface area contributed by atoms with Gasteiger partial charge in [-0.05, 0) is 73.0 Å². The zero-order valence-corrected chi connectivity index (χ0v) is 20.2. The first-order valence-electron chi connectivity index (χ1n) is 11.5. The minimum absolute atomic E-state index is 0.0116. The topological polar surface area (TPSA) is 89.0 Å². The Morgan fingerprint density at radius 2 is 1.83 bits per heavy atom. The highest BCUT2D eigenvalue weighted by atomic mass is 16.5. The van der Waals surface area contributed by atoms with Crippen molar-refractivity contribution in [2.75, 3.05) is 18.6 Å². The molecule has 2 aromatic carbocycles. The van der Waals surface area contributed by atoms with Gasteiger partial charge in [-0.1, -0.05) is 19.9 Å². The molecule has 1 atom stereocenters. The van der Waals surface area contributed by atoms with E-state index >= 15 is 0 Å². The number of benzene rings is 2. The molecule has 1 amide bonds. The first-order chi connectivity index (χ1) is 16.9. The van der Waals surface area contributed by atoms with Crippen molar-refractivity contribution in [2.24, 2.45) is 0 Å². The summed E-state index contributed by atoms with van der Waals surface area (Å²) >= 11 is 0. The molecule has 1 fully saturated rings. The monoisotopic (exact) mass is 472 g/mol. The Morgan fingerprint density at radius 1 is 1.09 bits per heavy atom. The molecule has 4 rings (SSSR count). The Balaban J connectivity index is 1.89. The van der Waals surface area contributed by atoms with Crippen LogP contribution in [0.3, 0.4) is 0 Å². The number of hydrogen-bond acceptors (Lipinski definition) is 6. The van der Waals surface area contributed by atoms with Gasteiger partial charge in [0, 0.05) is 17.4 Å². The predicted octanol–water partition coefficient (Wildman–Crippen LogP) is 5.24. The fraction of sp³-hybridized carbons (Fsp3) is 0.250. The molecule has 1 unspecified atom stereocenters.